The standard InChI is InChI=1S/C18H14N2O4/c21-13-7-5-12(6-8-13)15-11-14(16-3-1-9-23-16)19-20(15)18(22)17-4-2-10-24-17/h1-10,15,21H,11H2/t15-/m1/s1. The Labute approximate surface area is 137 Å². The molecule has 0 spiro atoms. The molecule has 6 nitrogen and oxygen atoms in total. The van der Waals surface area contributed by atoms with Gasteiger partial charge in [-0.3, -0.25) is 4.79 Å². The van der Waals surface area contributed by atoms with E-state index >= 15 is 0 Å². The van der Waals surface area contributed by atoms with Crippen LogP contribution in [0.2, 0.25) is 0 Å². The number of furan rings is 2. The van der Waals surface area contributed by atoms with Gasteiger partial charge in [-0.15, -0.1) is 0 Å². The van der Waals surface area contributed by atoms with Crippen LogP contribution in [0.1, 0.15) is 34.3 Å². The van der Waals surface area contributed by atoms with Crippen LogP contribution in [0.3, 0.4) is 0 Å². The van der Waals surface area contributed by atoms with Gasteiger partial charge in [-0.2, -0.15) is 5.10 Å². The molecule has 24 heavy (non-hydrogen) atoms. The molecule has 0 bridgehead atoms. The number of phenolic OH excluding ortho intramolecular Hbond substituents is 1. The number of hydrogen-bond donors (Lipinski definition) is 1. The Morgan fingerprint density at radius 1 is 1.08 bits per heavy atom. The van der Waals surface area contributed by atoms with Gasteiger partial charge in [-0.1, -0.05) is 12.1 Å². The van der Waals surface area contributed by atoms with Crippen molar-refractivity contribution in [3.05, 3.63) is 78.1 Å². The van der Waals surface area contributed by atoms with Gasteiger partial charge in [0.1, 0.15) is 17.2 Å². The topological polar surface area (TPSA) is 79.2 Å². The van der Waals surface area contributed by atoms with Gasteiger partial charge < -0.3 is 13.9 Å². The van der Waals surface area contributed by atoms with E-state index in [9.17, 15) is 9.90 Å². The summed E-state index contributed by atoms with van der Waals surface area (Å²) in [5, 5.41) is 15.3. The number of phenols is 1. The minimum absolute atomic E-state index is 0.174. The van der Waals surface area contributed by atoms with E-state index in [2.05, 4.69) is 5.10 Å². The molecule has 3 aromatic rings. The third kappa shape index (κ3) is 2.48. The number of aromatic hydroxyl groups is 1. The van der Waals surface area contributed by atoms with E-state index in [-0.39, 0.29) is 23.5 Å². The summed E-state index contributed by atoms with van der Waals surface area (Å²) in [5.41, 5.74) is 1.57. The Morgan fingerprint density at radius 3 is 2.50 bits per heavy atom. The van der Waals surface area contributed by atoms with Crippen molar-refractivity contribution in [3.63, 3.8) is 0 Å². The van der Waals surface area contributed by atoms with Gasteiger partial charge in [0.15, 0.2) is 5.76 Å². The fourth-order valence-electron chi connectivity index (χ4n) is 2.76. The Hall–Kier alpha value is -3.28. The van der Waals surface area contributed by atoms with E-state index in [1.165, 1.54) is 11.3 Å². The van der Waals surface area contributed by atoms with Crippen LogP contribution >= 0.6 is 0 Å². The highest BCUT2D eigenvalue weighted by atomic mass is 16.3. The Balaban J connectivity index is 1.72. The number of carbonyl (C=O) groups is 1. The molecule has 1 aliphatic rings. The SMILES string of the molecule is O=C(c1ccco1)N1N=C(c2ccco2)C[C@@H]1c1ccc(O)cc1. The molecule has 0 aliphatic carbocycles. The van der Waals surface area contributed by atoms with Crippen molar-refractivity contribution in [2.45, 2.75) is 12.5 Å². The van der Waals surface area contributed by atoms with Gasteiger partial charge in [0, 0.05) is 6.42 Å². The summed E-state index contributed by atoms with van der Waals surface area (Å²) in [5.74, 6) is 0.712. The molecule has 120 valence electrons. The molecule has 0 saturated heterocycles. The van der Waals surface area contributed by atoms with Crippen molar-refractivity contribution in [3.8, 4) is 5.75 Å². The lowest BCUT2D eigenvalue weighted by Crippen LogP contribution is -2.26. The normalized spacial score (nSPS) is 17.1. The van der Waals surface area contributed by atoms with E-state index in [1.54, 1.807) is 48.7 Å². The van der Waals surface area contributed by atoms with Crippen molar-refractivity contribution in [1.82, 2.24) is 5.01 Å². The Kier molecular flexibility index (Phi) is 3.42. The first-order valence-electron chi connectivity index (χ1n) is 7.50. The molecule has 2 aromatic heterocycles. The van der Waals surface area contributed by atoms with E-state index < -0.39 is 0 Å². The molecule has 6 heteroatoms. The fourth-order valence-corrected chi connectivity index (χ4v) is 2.76. The highest BCUT2D eigenvalue weighted by molar-refractivity contribution is 6.02. The molecule has 0 radical (unpaired) electrons. The molecule has 1 N–H and O–H groups in total. The van der Waals surface area contributed by atoms with Gasteiger partial charge in [0.05, 0.1) is 18.6 Å². The van der Waals surface area contributed by atoms with Crippen LogP contribution in [0.4, 0.5) is 0 Å². The second-order valence-corrected chi connectivity index (χ2v) is 5.46. The van der Waals surface area contributed by atoms with Gasteiger partial charge in [-0.05, 0) is 42.0 Å². The van der Waals surface area contributed by atoms with E-state index in [0.29, 0.717) is 17.9 Å². The molecule has 1 amide bonds. The fraction of sp³-hybridized carbons (Fsp3) is 0.111. The van der Waals surface area contributed by atoms with Crippen LogP contribution < -0.4 is 0 Å². The Bertz CT molecular complexity index is 864. The summed E-state index contributed by atoms with van der Waals surface area (Å²) in [4.78, 5) is 12.7. The van der Waals surface area contributed by atoms with Crippen LogP contribution in [0.5, 0.6) is 5.75 Å². The number of rotatable bonds is 3. The van der Waals surface area contributed by atoms with E-state index in [1.807, 2.05) is 6.07 Å². The average Bonchev–Trinajstić information content (AvgIpc) is 3.34. The van der Waals surface area contributed by atoms with Crippen LogP contribution in [-0.2, 0) is 0 Å². The summed E-state index contributed by atoms with van der Waals surface area (Å²) in [6.45, 7) is 0. The van der Waals surface area contributed by atoms with Crippen LogP contribution in [0, 0.1) is 0 Å². The number of hydrazone groups is 1. The second kappa shape index (κ2) is 5.73. The predicted molar refractivity (Wildman–Crippen MR) is 85.6 cm³/mol. The van der Waals surface area contributed by atoms with Gasteiger partial charge in [0.25, 0.3) is 0 Å². The third-order valence-corrected chi connectivity index (χ3v) is 3.93. The molecule has 0 fully saturated rings. The summed E-state index contributed by atoms with van der Waals surface area (Å²) >= 11 is 0. The lowest BCUT2D eigenvalue weighted by molar-refractivity contribution is 0.0678. The van der Waals surface area contributed by atoms with E-state index in [0.717, 1.165) is 5.56 Å². The molecule has 3 heterocycles. The van der Waals surface area contributed by atoms with E-state index in [4.69, 9.17) is 8.83 Å². The number of amides is 1. The molecular formula is C18H14N2O4. The zero-order valence-corrected chi connectivity index (χ0v) is 12.6. The van der Waals surface area contributed by atoms with Crippen LogP contribution in [0.15, 0.2) is 75.0 Å². The zero-order chi connectivity index (χ0) is 16.5. The smallest absolute Gasteiger partial charge is 0.310 e. The molecule has 0 unspecified atom stereocenters. The van der Waals surface area contributed by atoms with Gasteiger partial charge >= 0.3 is 5.91 Å². The first kappa shape index (κ1) is 14.3. The maximum atomic E-state index is 12.7. The van der Waals surface area contributed by atoms with Crippen molar-refractivity contribution < 1.29 is 18.7 Å². The zero-order valence-electron chi connectivity index (χ0n) is 12.6. The number of hydrogen-bond acceptors (Lipinski definition) is 5. The highest BCUT2D eigenvalue weighted by Gasteiger charge is 2.35. The van der Waals surface area contributed by atoms with Crippen molar-refractivity contribution >= 4 is 11.6 Å². The number of nitrogens with zero attached hydrogens (tertiary/aromatic N) is 2. The maximum absolute atomic E-state index is 12.7. The van der Waals surface area contributed by atoms with Crippen molar-refractivity contribution in [2.24, 2.45) is 5.10 Å². The lowest BCUT2D eigenvalue weighted by Gasteiger charge is -2.21. The monoisotopic (exact) mass is 322 g/mol. The second-order valence-electron chi connectivity index (χ2n) is 5.46. The molecule has 0 saturated carbocycles. The maximum Gasteiger partial charge on any atom is 0.310 e. The van der Waals surface area contributed by atoms with Crippen LogP contribution in [-0.4, -0.2) is 21.7 Å². The molecule has 4 rings (SSSR count). The third-order valence-electron chi connectivity index (χ3n) is 3.93. The largest absolute Gasteiger partial charge is 0.508 e. The summed E-state index contributed by atoms with van der Waals surface area (Å²) in [7, 11) is 0. The highest BCUT2D eigenvalue weighted by Crippen LogP contribution is 2.34. The summed E-state index contributed by atoms with van der Waals surface area (Å²) < 4.78 is 10.6. The van der Waals surface area contributed by atoms with Gasteiger partial charge in [-0.25, -0.2) is 5.01 Å². The molecule has 1 aliphatic heterocycles. The minimum Gasteiger partial charge on any atom is -0.508 e. The van der Waals surface area contributed by atoms with Crippen LogP contribution in [0.25, 0.3) is 0 Å². The summed E-state index contributed by atoms with van der Waals surface area (Å²) in [6, 6.07) is 13.3. The number of carbonyl (C=O) groups excluding carboxylic acids is 1. The Morgan fingerprint density at radius 2 is 1.83 bits per heavy atom. The molecular weight excluding hydrogens is 308 g/mol. The first-order chi connectivity index (χ1) is 11.7. The molecule has 1 atom stereocenters. The quantitative estimate of drug-likeness (QED) is 0.799. The minimum atomic E-state index is -0.320. The number of benzene rings is 1. The van der Waals surface area contributed by atoms with Crippen molar-refractivity contribution in [1.29, 1.82) is 0 Å². The predicted octanol–water partition coefficient (Wildman–Crippen LogP) is 3.57. The summed E-state index contributed by atoms with van der Waals surface area (Å²) in [6.07, 6.45) is 3.55. The molecule has 1 aromatic carbocycles. The average molecular weight is 322 g/mol. The van der Waals surface area contributed by atoms with Crippen molar-refractivity contribution in [2.75, 3.05) is 0 Å². The lowest BCUT2D eigenvalue weighted by atomic mass is 10.0. The van der Waals surface area contributed by atoms with Gasteiger partial charge in [0.2, 0.25) is 0 Å². The first-order valence-corrected chi connectivity index (χ1v) is 7.50.